The van der Waals surface area contributed by atoms with Gasteiger partial charge in [0.1, 0.15) is 0 Å². The first-order chi connectivity index (χ1) is 13.4. The van der Waals surface area contributed by atoms with Crippen molar-refractivity contribution in [3.63, 3.8) is 0 Å². The van der Waals surface area contributed by atoms with E-state index >= 15 is 0 Å². The Morgan fingerprint density at radius 3 is 2.79 bits per heavy atom. The SMILES string of the molecule is CCCN1C(=S)NC(c2cc(OCC)c(O)c([N+](=O)[O-])c2)C2=C1CCCC2=O. The van der Waals surface area contributed by atoms with Gasteiger partial charge in [-0.3, -0.25) is 14.9 Å². The van der Waals surface area contributed by atoms with Crippen LogP contribution in [-0.4, -0.2) is 39.0 Å². The minimum Gasteiger partial charge on any atom is -0.500 e. The fraction of sp³-hybridized carbons (Fsp3) is 0.474. The van der Waals surface area contributed by atoms with Crippen molar-refractivity contribution in [3.05, 3.63) is 39.1 Å². The van der Waals surface area contributed by atoms with Gasteiger partial charge >= 0.3 is 5.69 Å². The Hall–Kier alpha value is -2.68. The maximum atomic E-state index is 12.8. The van der Waals surface area contributed by atoms with Crippen LogP contribution in [0.15, 0.2) is 23.4 Å². The van der Waals surface area contributed by atoms with E-state index in [1.54, 1.807) is 6.92 Å². The maximum absolute atomic E-state index is 12.8. The Kier molecular flexibility index (Phi) is 5.83. The summed E-state index contributed by atoms with van der Waals surface area (Å²) in [6, 6.07) is 2.20. The van der Waals surface area contributed by atoms with E-state index in [0.29, 0.717) is 29.2 Å². The number of nitrogens with zero attached hydrogens (tertiary/aromatic N) is 2. The molecule has 1 unspecified atom stereocenters. The van der Waals surface area contributed by atoms with Crippen LogP contribution in [0.3, 0.4) is 0 Å². The van der Waals surface area contributed by atoms with Gasteiger partial charge in [-0.2, -0.15) is 0 Å². The number of ether oxygens (including phenoxy) is 1. The summed E-state index contributed by atoms with van der Waals surface area (Å²) in [6.07, 6.45) is 2.80. The molecule has 28 heavy (non-hydrogen) atoms. The molecule has 1 atom stereocenters. The van der Waals surface area contributed by atoms with Gasteiger partial charge < -0.3 is 20.1 Å². The van der Waals surface area contributed by atoms with E-state index in [1.807, 2.05) is 11.8 Å². The fourth-order valence-electron chi connectivity index (χ4n) is 3.75. The number of nitro groups is 1. The number of nitro benzene ring substituents is 1. The molecular formula is C19H23N3O5S. The Bertz CT molecular complexity index is 867. The van der Waals surface area contributed by atoms with Crippen LogP contribution in [0.5, 0.6) is 11.5 Å². The topological polar surface area (TPSA) is 105 Å². The summed E-state index contributed by atoms with van der Waals surface area (Å²) in [5.41, 5.74) is 1.49. The molecule has 8 nitrogen and oxygen atoms in total. The molecule has 0 spiro atoms. The van der Waals surface area contributed by atoms with Crippen LogP contribution >= 0.6 is 12.2 Å². The van der Waals surface area contributed by atoms with Crippen LogP contribution in [0.4, 0.5) is 5.69 Å². The van der Waals surface area contributed by atoms with Crippen molar-refractivity contribution in [3.8, 4) is 11.5 Å². The summed E-state index contributed by atoms with van der Waals surface area (Å²) in [4.78, 5) is 25.5. The molecular weight excluding hydrogens is 382 g/mol. The number of phenolic OH excluding ortho intramolecular Hbond substituents is 1. The number of Topliss-reactive ketones (excluding diaryl/α,β-unsaturated/α-hetero) is 1. The third-order valence-corrected chi connectivity index (χ3v) is 5.25. The molecule has 0 bridgehead atoms. The Morgan fingerprint density at radius 2 is 2.14 bits per heavy atom. The van der Waals surface area contributed by atoms with Crippen molar-refractivity contribution in [1.29, 1.82) is 0 Å². The average molecular weight is 405 g/mol. The summed E-state index contributed by atoms with van der Waals surface area (Å²) in [5, 5.41) is 25.2. The van der Waals surface area contributed by atoms with Gasteiger partial charge in [-0.15, -0.1) is 0 Å². The van der Waals surface area contributed by atoms with Crippen LogP contribution in [-0.2, 0) is 4.79 Å². The molecule has 3 rings (SSSR count). The monoisotopic (exact) mass is 405 g/mol. The first-order valence-electron chi connectivity index (χ1n) is 9.37. The predicted octanol–water partition coefficient (Wildman–Crippen LogP) is 3.35. The number of ketones is 1. The van der Waals surface area contributed by atoms with E-state index in [2.05, 4.69) is 5.32 Å². The highest BCUT2D eigenvalue weighted by molar-refractivity contribution is 7.80. The lowest BCUT2D eigenvalue weighted by molar-refractivity contribution is -0.386. The van der Waals surface area contributed by atoms with Gasteiger partial charge in [-0.1, -0.05) is 6.92 Å². The maximum Gasteiger partial charge on any atom is 0.315 e. The molecule has 1 aromatic carbocycles. The summed E-state index contributed by atoms with van der Waals surface area (Å²) in [5.74, 6) is -0.498. The first-order valence-corrected chi connectivity index (χ1v) is 9.78. The number of carbonyl (C=O) groups is 1. The third kappa shape index (κ3) is 3.54. The van der Waals surface area contributed by atoms with Gasteiger partial charge in [0, 0.05) is 30.3 Å². The lowest BCUT2D eigenvalue weighted by Crippen LogP contribution is -2.49. The number of hydrogen-bond donors (Lipinski definition) is 2. The number of rotatable bonds is 6. The highest BCUT2D eigenvalue weighted by Gasteiger charge is 2.38. The summed E-state index contributed by atoms with van der Waals surface area (Å²) >= 11 is 5.53. The van der Waals surface area contributed by atoms with Gasteiger partial charge in [-0.25, -0.2) is 0 Å². The van der Waals surface area contributed by atoms with Gasteiger partial charge in [0.05, 0.1) is 17.6 Å². The molecule has 0 saturated carbocycles. The van der Waals surface area contributed by atoms with E-state index in [4.69, 9.17) is 17.0 Å². The van der Waals surface area contributed by atoms with E-state index in [9.17, 15) is 20.0 Å². The minimum absolute atomic E-state index is 0.0102. The van der Waals surface area contributed by atoms with Gasteiger partial charge in [0.25, 0.3) is 0 Å². The molecule has 1 aliphatic heterocycles. The normalized spacial score (nSPS) is 19.4. The van der Waals surface area contributed by atoms with E-state index in [0.717, 1.165) is 25.0 Å². The number of phenols is 1. The number of nitrogens with one attached hydrogen (secondary N) is 1. The van der Waals surface area contributed by atoms with Crippen LogP contribution in [0.2, 0.25) is 0 Å². The molecule has 2 aliphatic rings. The summed E-state index contributed by atoms with van der Waals surface area (Å²) in [6.45, 7) is 4.70. The highest BCUT2D eigenvalue weighted by Crippen LogP contribution is 2.43. The van der Waals surface area contributed by atoms with Crippen LogP contribution in [0, 0.1) is 10.1 Å². The lowest BCUT2D eigenvalue weighted by atomic mass is 9.84. The second kappa shape index (κ2) is 8.14. The van der Waals surface area contributed by atoms with E-state index in [1.165, 1.54) is 12.1 Å². The van der Waals surface area contributed by atoms with Crippen LogP contribution in [0.1, 0.15) is 51.1 Å². The van der Waals surface area contributed by atoms with E-state index in [-0.39, 0.29) is 18.1 Å². The molecule has 9 heteroatoms. The second-order valence-corrected chi connectivity index (χ2v) is 7.13. The predicted molar refractivity (Wildman–Crippen MR) is 107 cm³/mol. The van der Waals surface area contributed by atoms with Crippen molar-refractivity contribution >= 4 is 28.8 Å². The first kappa shape index (κ1) is 20.1. The molecule has 0 radical (unpaired) electrons. The van der Waals surface area contributed by atoms with Gasteiger partial charge in [0.2, 0.25) is 5.75 Å². The summed E-state index contributed by atoms with van der Waals surface area (Å²) in [7, 11) is 0. The quantitative estimate of drug-likeness (QED) is 0.422. The number of aromatic hydroxyl groups is 1. The zero-order chi connectivity index (χ0) is 20.4. The number of allylic oxidation sites excluding steroid dienone is 1. The molecule has 1 heterocycles. The largest absolute Gasteiger partial charge is 0.500 e. The molecule has 150 valence electrons. The van der Waals surface area contributed by atoms with E-state index < -0.39 is 22.4 Å². The lowest BCUT2D eigenvalue weighted by Gasteiger charge is -2.41. The zero-order valence-electron chi connectivity index (χ0n) is 15.9. The molecule has 0 aromatic heterocycles. The van der Waals surface area contributed by atoms with Crippen molar-refractivity contribution in [1.82, 2.24) is 10.2 Å². The van der Waals surface area contributed by atoms with Crippen molar-refractivity contribution < 1.29 is 19.6 Å². The molecule has 1 aliphatic carbocycles. The molecule has 2 N–H and O–H groups in total. The zero-order valence-corrected chi connectivity index (χ0v) is 16.7. The van der Waals surface area contributed by atoms with Crippen molar-refractivity contribution in [2.24, 2.45) is 0 Å². The van der Waals surface area contributed by atoms with Gasteiger partial charge in [-0.05, 0) is 50.0 Å². The molecule has 0 saturated heterocycles. The van der Waals surface area contributed by atoms with Crippen molar-refractivity contribution in [2.45, 2.75) is 45.6 Å². The minimum atomic E-state index is -0.663. The number of carbonyl (C=O) groups excluding carboxylic acids is 1. The number of hydrogen-bond acceptors (Lipinski definition) is 6. The summed E-state index contributed by atoms with van der Waals surface area (Å²) < 4.78 is 5.38. The molecule has 1 aromatic rings. The standard InChI is InChI=1S/C19H23N3O5S/c1-3-8-21-12-6-5-7-14(23)16(12)17(20-19(21)28)11-9-13(22(25)26)18(24)15(10-11)27-4-2/h9-10,17,24H,3-8H2,1-2H3,(H,20,28). The van der Waals surface area contributed by atoms with Crippen LogP contribution in [0.25, 0.3) is 0 Å². The fourth-order valence-corrected chi connectivity index (χ4v) is 4.07. The number of benzene rings is 1. The number of thiocarbonyl (C=S) groups is 1. The highest BCUT2D eigenvalue weighted by atomic mass is 32.1. The second-order valence-electron chi connectivity index (χ2n) is 6.75. The molecule has 0 fully saturated rings. The van der Waals surface area contributed by atoms with Crippen LogP contribution < -0.4 is 10.1 Å². The smallest absolute Gasteiger partial charge is 0.315 e. The Morgan fingerprint density at radius 1 is 1.39 bits per heavy atom. The van der Waals surface area contributed by atoms with Crippen molar-refractivity contribution in [2.75, 3.05) is 13.2 Å². The molecule has 0 amide bonds. The van der Waals surface area contributed by atoms with Gasteiger partial charge in [0.15, 0.2) is 16.6 Å². The average Bonchev–Trinajstić information content (AvgIpc) is 2.65. The Balaban J connectivity index is 2.16. The Labute approximate surface area is 168 Å². The third-order valence-electron chi connectivity index (χ3n) is 4.91.